The Hall–Kier alpha value is -1.66. The maximum Gasteiger partial charge on any atom is 0.186 e. The molecule has 0 amide bonds. The van der Waals surface area contributed by atoms with Gasteiger partial charge in [-0.1, -0.05) is 12.1 Å². The van der Waals surface area contributed by atoms with Crippen LogP contribution >= 0.6 is 12.2 Å². The summed E-state index contributed by atoms with van der Waals surface area (Å²) in [6.45, 7) is 3.50. The zero-order valence-electron chi connectivity index (χ0n) is 10.9. The van der Waals surface area contributed by atoms with Crippen LogP contribution in [0.3, 0.4) is 0 Å². The van der Waals surface area contributed by atoms with Crippen LogP contribution in [-0.4, -0.2) is 44.7 Å². The molecule has 0 unspecified atom stereocenters. The van der Waals surface area contributed by atoms with Gasteiger partial charge in [0.25, 0.3) is 0 Å². The number of benzene rings is 1. The summed E-state index contributed by atoms with van der Waals surface area (Å²) in [5, 5.41) is 7.33. The Balaban J connectivity index is 1.92. The lowest BCUT2D eigenvalue weighted by Gasteiger charge is -2.28. The van der Waals surface area contributed by atoms with Crippen molar-refractivity contribution in [3.05, 3.63) is 29.8 Å². The molecule has 0 spiro atoms. The van der Waals surface area contributed by atoms with Crippen molar-refractivity contribution in [3.8, 4) is 0 Å². The maximum atomic E-state index is 5.34. The molecule has 19 heavy (non-hydrogen) atoms. The van der Waals surface area contributed by atoms with E-state index in [9.17, 15) is 0 Å². The molecule has 1 saturated heterocycles. The van der Waals surface area contributed by atoms with E-state index in [-0.39, 0.29) is 0 Å². The summed E-state index contributed by atoms with van der Waals surface area (Å²) in [7, 11) is 1.75. The van der Waals surface area contributed by atoms with Gasteiger partial charge in [0.05, 0.1) is 19.4 Å². The molecule has 0 atom stereocenters. The molecule has 1 aliphatic heterocycles. The Morgan fingerprint density at radius 1 is 1.32 bits per heavy atom. The topological polar surface area (TPSA) is 48.9 Å². The summed E-state index contributed by atoms with van der Waals surface area (Å²) in [5.41, 5.74) is 4.97. The average Bonchev–Trinajstić information content (AvgIpc) is 2.48. The van der Waals surface area contributed by atoms with Crippen LogP contribution in [0.2, 0.25) is 0 Å². The van der Waals surface area contributed by atoms with Crippen LogP contribution in [0.4, 0.5) is 5.69 Å². The van der Waals surface area contributed by atoms with Crippen LogP contribution in [0, 0.1) is 0 Å². The van der Waals surface area contributed by atoms with Gasteiger partial charge in [0.1, 0.15) is 0 Å². The third kappa shape index (κ3) is 4.18. The fourth-order valence-corrected chi connectivity index (χ4v) is 1.87. The van der Waals surface area contributed by atoms with Crippen LogP contribution < -0.4 is 15.6 Å². The molecule has 102 valence electrons. The summed E-state index contributed by atoms with van der Waals surface area (Å²) >= 11 is 4.92. The Kier molecular flexibility index (Phi) is 5.11. The third-order valence-electron chi connectivity index (χ3n) is 2.88. The lowest BCUT2D eigenvalue weighted by molar-refractivity contribution is 0.122. The predicted molar refractivity (Wildman–Crippen MR) is 81.9 cm³/mol. The first-order valence-corrected chi connectivity index (χ1v) is 6.64. The Morgan fingerprint density at radius 2 is 2.00 bits per heavy atom. The highest BCUT2D eigenvalue weighted by Crippen LogP contribution is 2.15. The molecule has 2 N–H and O–H groups in total. The monoisotopic (exact) mass is 278 g/mol. The standard InChI is InChI=1S/C13H18N4OS/c1-14-13(19)16-15-10-11-2-4-12(5-3-11)17-6-8-18-9-7-17/h2-5,10H,6-9H2,1H3,(H2,14,16,19). The average molecular weight is 278 g/mol. The minimum atomic E-state index is 0.501. The maximum absolute atomic E-state index is 5.34. The molecule has 1 heterocycles. The molecule has 0 aromatic heterocycles. The predicted octanol–water partition coefficient (Wildman–Crippen LogP) is 0.951. The number of nitrogens with one attached hydrogen (secondary N) is 2. The van der Waals surface area contributed by atoms with E-state index in [2.05, 4.69) is 32.9 Å². The van der Waals surface area contributed by atoms with Gasteiger partial charge in [-0.3, -0.25) is 5.43 Å². The van der Waals surface area contributed by atoms with Gasteiger partial charge in [-0.05, 0) is 29.9 Å². The van der Waals surface area contributed by atoms with Crippen molar-refractivity contribution < 1.29 is 4.74 Å². The SMILES string of the molecule is CNC(=S)NN=Cc1ccc(N2CCOCC2)cc1. The lowest BCUT2D eigenvalue weighted by Crippen LogP contribution is -2.36. The highest BCUT2D eigenvalue weighted by molar-refractivity contribution is 7.80. The number of nitrogens with zero attached hydrogens (tertiary/aromatic N) is 2. The minimum Gasteiger partial charge on any atom is -0.378 e. The second-order valence-electron chi connectivity index (χ2n) is 4.14. The molecule has 5 nitrogen and oxygen atoms in total. The fraction of sp³-hybridized carbons (Fsp3) is 0.385. The molecular formula is C13H18N4OS. The zero-order chi connectivity index (χ0) is 13.5. The lowest BCUT2D eigenvalue weighted by atomic mass is 10.2. The van der Waals surface area contributed by atoms with Gasteiger partial charge in [-0.25, -0.2) is 0 Å². The van der Waals surface area contributed by atoms with E-state index in [1.807, 2.05) is 12.1 Å². The van der Waals surface area contributed by atoms with E-state index < -0.39 is 0 Å². The van der Waals surface area contributed by atoms with Crippen molar-refractivity contribution in [2.24, 2.45) is 5.10 Å². The molecule has 1 aromatic rings. The summed E-state index contributed by atoms with van der Waals surface area (Å²) < 4.78 is 5.34. The second-order valence-corrected chi connectivity index (χ2v) is 4.55. The van der Waals surface area contributed by atoms with Crippen molar-refractivity contribution in [1.29, 1.82) is 0 Å². The normalized spacial score (nSPS) is 15.5. The zero-order valence-corrected chi connectivity index (χ0v) is 11.7. The van der Waals surface area contributed by atoms with Crippen molar-refractivity contribution in [2.75, 3.05) is 38.3 Å². The molecule has 1 aromatic carbocycles. The Morgan fingerprint density at radius 3 is 2.63 bits per heavy atom. The van der Waals surface area contributed by atoms with E-state index in [4.69, 9.17) is 17.0 Å². The molecule has 0 radical (unpaired) electrons. The van der Waals surface area contributed by atoms with Gasteiger partial charge < -0.3 is 15.0 Å². The number of rotatable bonds is 3. The molecule has 0 aliphatic carbocycles. The number of hydrogen-bond donors (Lipinski definition) is 2. The van der Waals surface area contributed by atoms with Crippen molar-refractivity contribution in [1.82, 2.24) is 10.7 Å². The fourth-order valence-electron chi connectivity index (χ4n) is 1.81. The van der Waals surface area contributed by atoms with Gasteiger partial charge in [0.15, 0.2) is 5.11 Å². The molecule has 0 bridgehead atoms. The number of anilines is 1. The Labute approximate surface area is 118 Å². The van der Waals surface area contributed by atoms with Crippen molar-refractivity contribution in [2.45, 2.75) is 0 Å². The molecule has 1 aliphatic rings. The first kappa shape index (κ1) is 13.8. The van der Waals surface area contributed by atoms with Gasteiger partial charge in [-0.2, -0.15) is 5.10 Å². The molecule has 6 heteroatoms. The Bertz CT molecular complexity index is 440. The van der Waals surface area contributed by atoms with Gasteiger partial charge >= 0.3 is 0 Å². The van der Waals surface area contributed by atoms with E-state index >= 15 is 0 Å². The van der Waals surface area contributed by atoms with Crippen LogP contribution in [0.15, 0.2) is 29.4 Å². The van der Waals surface area contributed by atoms with Crippen LogP contribution in [-0.2, 0) is 4.74 Å². The van der Waals surface area contributed by atoms with Gasteiger partial charge in [-0.15, -0.1) is 0 Å². The summed E-state index contributed by atoms with van der Waals surface area (Å²) in [4.78, 5) is 2.32. The summed E-state index contributed by atoms with van der Waals surface area (Å²) in [6.07, 6.45) is 1.74. The minimum absolute atomic E-state index is 0.501. The molecular weight excluding hydrogens is 260 g/mol. The third-order valence-corrected chi connectivity index (χ3v) is 3.17. The number of ether oxygens (including phenoxy) is 1. The number of thiocarbonyl (C=S) groups is 1. The van der Waals surface area contributed by atoms with Crippen molar-refractivity contribution >= 4 is 29.2 Å². The van der Waals surface area contributed by atoms with Crippen molar-refractivity contribution in [3.63, 3.8) is 0 Å². The van der Waals surface area contributed by atoms with E-state index in [1.165, 1.54) is 5.69 Å². The van der Waals surface area contributed by atoms with Gasteiger partial charge in [0, 0.05) is 25.8 Å². The van der Waals surface area contributed by atoms with E-state index in [0.29, 0.717) is 5.11 Å². The largest absolute Gasteiger partial charge is 0.378 e. The highest BCUT2D eigenvalue weighted by Gasteiger charge is 2.10. The molecule has 0 saturated carbocycles. The summed E-state index contributed by atoms with van der Waals surface area (Å²) in [5.74, 6) is 0. The second kappa shape index (κ2) is 7.06. The number of morpholine rings is 1. The first-order chi connectivity index (χ1) is 9.29. The first-order valence-electron chi connectivity index (χ1n) is 6.23. The van der Waals surface area contributed by atoms with Crippen LogP contribution in [0.25, 0.3) is 0 Å². The van der Waals surface area contributed by atoms with E-state index in [1.54, 1.807) is 13.3 Å². The summed E-state index contributed by atoms with van der Waals surface area (Å²) in [6, 6.07) is 8.28. The van der Waals surface area contributed by atoms with Crippen LogP contribution in [0.1, 0.15) is 5.56 Å². The van der Waals surface area contributed by atoms with Gasteiger partial charge in [0.2, 0.25) is 0 Å². The molecule has 2 rings (SSSR count). The molecule has 1 fully saturated rings. The highest BCUT2D eigenvalue weighted by atomic mass is 32.1. The smallest absolute Gasteiger partial charge is 0.186 e. The quantitative estimate of drug-likeness (QED) is 0.490. The van der Waals surface area contributed by atoms with Crippen LogP contribution in [0.5, 0.6) is 0 Å². The number of hydrogen-bond acceptors (Lipinski definition) is 4. The number of hydrazone groups is 1. The van der Waals surface area contributed by atoms with E-state index in [0.717, 1.165) is 31.9 Å².